The first-order valence-electron chi connectivity index (χ1n) is 5.93. The number of hydrogen-bond acceptors (Lipinski definition) is 4. The molecule has 0 spiro atoms. The number of nitrogens with zero attached hydrogens (tertiary/aromatic N) is 5. The van der Waals surface area contributed by atoms with Crippen LogP contribution in [0.4, 0.5) is 0 Å². The van der Waals surface area contributed by atoms with E-state index in [1.807, 2.05) is 38.0 Å². The molecule has 102 valence electrons. The van der Waals surface area contributed by atoms with Crippen molar-refractivity contribution in [1.82, 2.24) is 20.0 Å². The molecule has 0 saturated heterocycles. The van der Waals surface area contributed by atoms with Crippen LogP contribution in [0.3, 0.4) is 0 Å². The quantitative estimate of drug-likeness (QED) is 0.607. The van der Waals surface area contributed by atoms with Crippen LogP contribution in [0.2, 0.25) is 0 Å². The van der Waals surface area contributed by atoms with E-state index in [0.717, 1.165) is 16.0 Å². The van der Waals surface area contributed by atoms with Crippen molar-refractivity contribution < 1.29 is 0 Å². The normalized spacial score (nSPS) is 11.3. The Morgan fingerprint density at radius 1 is 1.11 bits per heavy atom. The highest BCUT2D eigenvalue weighted by molar-refractivity contribution is 7.11. The predicted molar refractivity (Wildman–Crippen MR) is 77.1 cm³/mol. The third-order valence-corrected chi connectivity index (χ3v) is 3.60. The zero-order valence-corrected chi connectivity index (χ0v) is 13.2. The lowest BCUT2D eigenvalue weighted by atomic mass is 9.98. The first-order valence-corrected chi connectivity index (χ1v) is 6.75. The molecule has 1 aromatic heterocycles. The van der Waals surface area contributed by atoms with E-state index in [2.05, 4.69) is 36.0 Å². The maximum absolute atomic E-state index is 4.56. The van der Waals surface area contributed by atoms with Gasteiger partial charge in [-0.25, -0.2) is 4.99 Å². The van der Waals surface area contributed by atoms with Gasteiger partial charge in [-0.05, 0) is 0 Å². The summed E-state index contributed by atoms with van der Waals surface area (Å²) in [5, 5.41) is 10.4. The van der Waals surface area contributed by atoms with Crippen molar-refractivity contribution in [2.24, 2.45) is 4.99 Å². The van der Waals surface area contributed by atoms with E-state index >= 15 is 0 Å². The molecule has 0 radical (unpaired) electrons. The first-order chi connectivity index (χ1) is 8.21. The van der Waals surface area contributed by atoms with Gasteiger partial charge in [0.1, 0.15) is 10.0 Å². The third kappa shape index (κ3) is 3.94. The van der Waals surface area contributed by atoms with Crippen LogP contribution in [0.1, 0.15) is 30.8 Å². The number of aromatic nitrogens is 2. The summed E-state index contributed by atoms with van der Waals surface area (Å²) >= 11 is 1.64. The molecule has 0 unspecified atom stereocenters. The molecule has 0 atom stereocenters. The fraction of sp³-hybridized carbons (Fsp3) is 0.750. The molecule has 0 amide bonds. The molecule has 0 aliphatic heterocycles. The Morgan fingerprint density at radius 3 is 2.06 bits per heavy atom. The van der Waals surface area contributed by atoms with Crippen LogP contribution >= 0.6 is 11.3 Å². The lowest BCUT2D eigenvalue weighted by Crippen LogP contribution is -2.35. The molecular formula is C12H23N5S. The van der Waals surface area contributed by atoms with E-state index < -0.39 is 0 Å². The summed E-state index contributed by atoms with van der Waals surface area (Å²) < 4.78 is 0. The molecular weight excluding hydrogens is 246 g/mol. The summed E-state index contributed by atoms with van der Waals surface area (Å²) in [5.74, 6) is 0.933. The molecule has 1 aromatic rings. The molecule has 0 fully saturated rings. The van der Waals surface area contributed by atoms with E-state index in [0.29, 0.717) is 6.54 Å². The topological polar surface area (TPSA) is 44.6 Å². The van der Waals surface area contributed by atoms with Crippen molar-refractivity contribution in [3.05, 3.63) is 10.0 Å². The number of aliphatic imine (C=N–C) groups is 1. The molecule has 0 aliphatic rings. The van der Waals surface area contributed by atoms with Crippen LogP contribution in [-0.2, 0) is 12.0 Å². The maximum Gasteiger partial charge on any atom is 0.195 e. The summed E-state index contributed by atoms with van der Waals surface area (Å²) in [6, 6.07) is 0. The van der Waals surface area contributed by atoms with Gasteiger partial charge >= 0.3 is 0 Å². The van der Waals surface area contributed by atoms with Crippen LogP contribution in [-0.4, -0.2) is 54.1 Å². The highest BCUT2D eigenvalue weighted by Gasteiger charge is 2.19. The van der Waals surface area contributed by atoms with Gasteiger partial charge in [-0.1, -0.05) is 32.1 Å². The molecule has 0 saturated carbocycles. The van der Waals surface area contributed by atoms with Crippen molar-refractivity contribution >= 4 is 17.3 Å². The molecule has 0 aromatic carbocycles. The Bertz CT molecular complexity index is 404. The Balaban J connectivity index is 2.80. The summed E-state index contributed by atoms with van der Waals surface area (Å²) in [7, 11) is 7.94. The van der Waals surface area contributed by atoms with Gasteiger partial charge in [-0.2, -0.15) is 0 Å². The Kier molecular flexibility index (Phi) is 4.67. The van der Waals surface area contributed by atoms with Crippen LogP contribution in [0.15, 0.2) is 4.99 Å². The monoisotopic (exact) mass is 269 g/mol. The minimum Gasteiger partial charge on any atom is -0.349 e. The molecule has 5 nitrogen and oxygen atoms in total. The minimum absolute atomic E-state index is 0.0611. The van der Waals surface area contributed by atoms with Gasteiger partial charge in [0.2, 0.25) is 0 Å². The fourth-order valence-corrected chi connectivity index (χ4v) is 2.26. The van der Waals surface area contributed by atoms with Gasteiger partial charge in [-0.3, -0.25) is 0 Å². The lowest BCUT2D eigenvalue weighted by Gasteiger charge is -2.22. The summed E-state index contributed by atoms with van der Waals surface area (Å²) in [5.41, 5.74) is 0.0611. The molecule has 1 rings (SSSR count). The SMILES string of the molecule is CN(C)C(=NCc1nnc(C(C)(C)C)s1)N(C)C. The van der Waals surface area contributed by atoms with Crippen molar-refractivity contribution in [2.45, 2.75) is 32.7 Å². The highest BCUT2D eigenvalue weighted by Crippen LogP contribution is 2.25. The number of hydrogen-bond donors (Lipinski definition) is 0. The second-order valence-electron chi connectivity index (χ2n) is 5.66. The number of guanidine groups is 1. The van der Waals surface area contributed by atoms with Crippen LogP contribution in [0.25, 0.3) is 0 Å². The Hall–Kier alpha value is -1.17. The van der Waals surface area contributed by atoms with E-state index in [9.17, 15) is 0 Å². The van der Waals surface area contributed by atoms with Gasteiger partial charge < -0.3 is 9.80 Å². The van der Waals surface area contributed by atoms with Crippen molar-refractivity contribution in [3.63, 3.8) is 0 Å². The van der Waals surface area contributed by atoms with E-state index in [1.54, 1.807) is 11.3 Å². The van der Waals surface area contributed by atoms with E-state index in [4.69, 9.17) is 0 Å². The summed E-state index contributed by atoms with van der Waals surface area (Å²) in [6.45, 7) is 7.02. The van der Waals surface area contributed by atoms with Crippen LogP contribution < -0.4 is 0 Å². The lowest BCUT2D eigenvalue weighted by molar-refractivity contribution is 0.479. The second kappa shape index (κ2) is 5.65. The van der Waals surface area contributed by atoms with Gasteiger partial charge in [0.25, 0.3) is 0 Å². The average Bonchev–Trinajstić information content (AvgIpc) is 2.64. The van der Waals surface area contributed by atoms with Crippen LogP contribution in [0.5, 0.6) is 0 Å². The third-order valence-electron chi connectivity index (χ3n) is 2.26. The van der Waals surface area contributed by atoms with E-state index in [1.165, 1.54) is 0 Å². The average molecular weight is 269 g/mol. The van der Waals surface area contributed by atoms with E-state index in [-0.39, 0.29) is 5.41 Å². The first kappa shape index (κ1) is 14.9. The minimum atomic E-state index is 0.0611. The smallest absolute Gasteiger partial charge is 0.195 e. The molecule has 6 heteroatoms. The molecule has 1 heterocycles. The largest absolute Gasteiger partial charge is 0.349 e. The fourth-order valence-electron chi connectivity index (χ4n) is 1.44. The number of rotatable bonds is 2. The molecule has 0 bridgehead atoms. The van der Waals surface area contributed by atoms with Gasteiger partial charge in [-0.15, -0.1) is 10.2 Å². The highest BCUT2D eigenvalue weighted by atomic mass is 32.1. The zero-order valence-electron chi connectivity index (χ0n) is 12.4. The van der Waals surface area contributed by atoms with Crippen molar-refractivity contribution in [3.8, 4) is 0 Å². The summed E-state index contributed by atoms with van der Waals surface area (Å²) in [6.07, 6.45) is 0. The Labute approximate surface area is 114 Å². The van der Waals surface area contributed by atoms with Crippen LogP contribution in [0, 0.1) is 0 Å². The molecule has 18 heavy (non-hydrogen) atoms. The van der Waals surface area contributed by atoms with Crippen molar-refractivity contribution in [2.75, 3.05) is 28.2 Å². The van der Waals surface area contributed by atoms with Gasteiger partial charge in [0.15, 0.2) is 5.96 Å². The molecule has 0 aliphatic carbocycles. The zero-order chi connectivity index (χ0) is 13.9. The molecule has 0 N–H and O–H groups in total. The van der Waals surface area contributed by atoms with Crippen molar-refractivity contribution in [1.29, 1.82) is 0 Å². The standard InChI is InChI=1S/C12H23N5S/c1-12(2,3)10-15-14-9(18-10)8-13-11(16(4)5)17(6)7/h8H2,1-7H3. The maximum atomic E-state index is 4.56. The van der Waals surface area contributed by atoms with Gasteiger partial charge in [0, 0.05) is 33.6 Å². The summed E-state index contributed by atoms with van der Waals surface area (Å²) in [4.78, 5) is 8.55. The Morgan fingerprint density at radius 2 is 1.67 bits per heavy atom. The second-order valence-corrected chi connectivity index (χ2v) is 6.72. The predicted octanol–water partition coefficient (Wildman–Crippen LogP) is 1.81. The van der Waals surface area contributed by atoms with Gasteiger partial charge in [0.05, 0.1) is 6.54 Å².